The number of nitrogens with zero attached hydrogens (tertiary/aromatic N) is 2. The molecule has 0 saturated heterocycles. The maximum Gasteiger partial charge on any atom is 0.315 e. The third-order valence-electron chi connectivity index (χ3n) is 2.61. The first-order chi connectivity index (χ1) is 8.61. The van der Waals surface area contributed by atoms with Crippen LogP contribution in [0.2, 0.25) is 0 Å². The molecule has 0 aromatic heterocycles. The Morgan fingerprint density at radius 3 is 2.78 bits per heavy atom. The first-order valence-electron chi connectivity index (χ1n) is 5.83. The number of nitro benzene ring substituents is 1. The molecule has 0 radical (unpaired) electrons. The highest BCUT2D eigenvalue weighted by atomic mass is 32.2. The second-order valence-corrected chi connectivity index (χ2v) is 4.86. The van der Waals surface area contributed by atoms with E-state index < -0.39 is 0 Å². The van der Waals surface area contributed by atoms with Crippen molar-refractivity contribution in [2.24, 2.45) is 0 Å². The van der Waals surface area contributed by atoms with Crippen LogP contribution in [0.4, 0.5) is 17.1 Å². The molecule has 0 spiro atoms. The van der Waals surface area contributed by atoms with Crippen LogP contribution in [0, 0.1) is 10.1 Å². The zero-order valence-corrected chi connectivity index (χ0v) is 11.8. The fourth-order valence-corrected chi connectivity index (χ4v) is 2.17. The number of hydrogen-bond donors (Lipinski definition) is 1. The average Bonchev–Trinajstić information content (AvgIpc) is 2.35. The third kappa shape index (κ3) is 3.53. The van der Waals surface area contributed by atoms with Crippen LogP contribution in [0.3, 0.4) is 0 Å². The zero-order valence-electron chi connectivity index (χ0n) is 11.0. The van der Waals surface area contributed by atoms with E-state index in [0.29, 0.717) is 17.9 Å². The summed E-state index contributed by atoms with van der Waals surface area (Å²) in [5, 5.41) is 14.3. The summed E-state index contributed by atoms with van der Waals surface area (Å²) in [7, 11) is 1.88. The number of thioether (sulfide) groups is 1. The highest BCUT2D eigenvalue weighted by Gasteiger charge is 2.21. The largest absolute Gasteiger partial charge is 0.380 e. The summed E-state index contributed by atoms with van der Waals surface area (Å²) in [5.74, 6) is 0.944. The Morgan fingerprint density at radius 1 is 1.50 bits per heavy atom. The van der Waals surface area contributed by atoms with E-state index >= 15 is 0 Å². The highest BCUT2D eigenvalue weighted by Crippen LogP contribution is 2.34. The van der Waals surface area contributed by atoms with Crippen LogP contribution in [0.5, 0.6) is 0 Å². The first kappa shape index (κ1) is 14.6. The number of benzene rings is 1. The summed E-state index contributed by atoms with van der Waals surface area (Å²) < 4.78 is 0. The van der Waals surface area contributed by atoms with E-state index in [1.165, 1.54) is 0 Å². The highest BCUT2D eigenvalue weighted by molar-refractivity contribution is 7.98. The lowest BCUT2D eigenvalue weighted by atomic mass is 10.2. The Labute approximate surface area is 112 Å². The van der Waals surface area contributed by atoms with E-state index in [1.807, 2.05) is 31.2 Å². The molecule has 0 amide bonds. The van der Waals surface area contributed by atoms with Crippen molar-refractivity contribution in [3.63, 3.8) is 0 Å². The predicted molar refractivity (Wildman–Crippen MR) is 78.9 cm³/mol. The van der Waals surface area contributed by atoms with Gasteiger partial charge in [-0.25, -0.2) is 0 Å². The topological polar surface area (TPSA) is 58.4 Å². The van der Waals surface area contributed by atoms with Gasteiger partial charge in [0.05, 0.1) is 4.92 Å². The van der Waals surface area contributed by atoms with Gasteiger partial charge in [-0.3, -0.25) is 10.1 Å². The van der Waals surface area contributed by atoms with Crippen molar-refractivity contribution >= 4 is 28.8 Å². The van der Waals surface area contributed by atoms with Crippen molar-refractivity contribution < 1.29 is 4.92 Å². The van der Waals surface area contributed by atoms with Crippen molar-refractivity contribution in [2.75, 3.05) is 42.4 Å². The van der Waals surface area contributed by atoms with Gasteiger partial charge in [0.25, 0.3) is 0 Å². The lowest BCUT2D eigenvalue weighted by molar-refractivity contribution is -0.383. The van der Waals surface area contributed by atoms with Crippen LogP contribution in [0.25, 0.3) is 0 Å². The number of para-hydroxylation sites is 1. The molecule has 1 rings (SSSR count). The van der Waals surface area contributed by atoms with Crippen LogP contribution < -0.4 is 10.2 Å². The molecule has 0 unspecified atom stereocenters. The van der Waals surface area contributed by atoms with Gasteiger partial charge in [0.15, 0.2) is 0 Å². The molecule has 0 atom stereocenters. The summed E-state index contributed by atoms with van der Waals surface area (Å²) in [5.41, 5.74) is 1.39. The van der Waals surface area contributed by atoms with Gasteiger partial charge in [-0.1, -0.05) is 6.07 Å². The van der Waals surface area contributed by atoms with Crippen LogP contribution in [0.1, 0.15) is 6.92 Å². The molecule has 100 valence electrons. The van der Waals surface area contributed by atoms with Gasteiger partial charge in [-0.05, 0) is 25.3 Å². The minimum absolute atomic E-state index is 0.156. The molecule has 0 bridgehead atoms. The molecule has 0 fully saturated rings. The predicted octanol–water partition coefficient (Wildman–Crippen LogP) is 2.83. The summed E-state index contributed by atoms with van der Waals surface area (Å²) in [6.45, 7) is 3.38. The molecule has 6 heteroatoms. The van der Waals surface area contributed by atoms with Gasteiger partial charge in [0.1, 0.15) is 11.4 Å². The van der Waals surface area contributed by atoms with Crippen molar-refractivity contribution in [3.05, 3.63) is 28.3 Å². The molecular formula is C12H19N3O2S. The molecule has 18 heavy (non-hydrogen) atoms. The van der Waals surface area contributed by atoms with Crippen LogP contribution in [-0.2, 0) is 0 Å². The second-order valence-electron chi connectivity index (χ2n) is 3.88. The van der Waals surface area contributed by atoms with Gasteiger partial charge in [0.2, 0.25) is 0 Å². The summed E-state index contributed by atoms with van der Waals surface area (Å²) in [6.07, 6.45) is 2.03. The number of nitro groups is 1. The smallest absolute Gasteiger partial charge is 0.315 e. The lowest BCUT2D eigenvalue weighted by Crippen LogP contribution is -2.21. The fraction of sp³-hybridized carbons (Fsp3) is 0.500. The van der Waals surface area contributed by atoms with Crippen molar-refractivity contribution in [1.82, 2.24) is 0 Å². The van der Waals surface area contributed by atoms with Crippen LogP contribution >= 0.6 is 11.8 Å². The van der Waals surface area contributed by atoms with Crippen molar-refractivity contribution in [1.29, 1.82) is 0 Å². The van der Waals surface area contributed by atoms with E-state index in [1.54, 1.807) is 23.9 Å². The van der Waals surface area contributed by atoms with E-state index in [4.69, 9.17) is 0 Å². The monoisotopic (exact) mass is 269 g/mol. The van der Waals surface area contributed by atoms with Gasteiger partial charge in [0, 0.05) is 25.9 Å². The van der Waals surface area contributed by atoms with Gasteiger partial charge < -0.3 is 10.2 Å². The molecule has 0 aliphatic heterocycles. The number of anilines is 2. The van der Waals surface area contributed by atoms with E-state index in [2.05, 4.69) is 5.32 Å². The Bertz CT molecular complexity index is 412. The number of rotatable bonds is 7. The molecule has 0 aliphatic carbocycles. The second kappa shape index (κ2) is 7.10. The SMILES string of the molecule is CCNc1cccc(N(C)CCSC)c1[N+](=O)[O-]. The molecule has 1 aromatic carbocycles. The number of hydrogen-bond acceptors (Lipinski definition) is 5. The van der Waals surface area contributed by atoms with Crippen molar-refractivity contribution in [2.45, 2.75) is 6.92 Å². The third-order valence-corrected chi connectivity index (χ3v) is 3.20. The Kier molecular flexibility index (Phi) is 5.77. The Balaban J connectivity index is 3.09. The summed E-state index contributed by atoms with van der Waals surface area (Å²) in [4.78, 5) is 12.8. The minimum Gasteiger partial charge on any atom is -0.380 e. The van der Waals surface area contributed by atoms with E-state index in [9.17, 15) is 10.1 Å². The van der Waals surface area contributed by atoms with Crippen LogP contribution in [0.15, 0.2) is 18.2 Å². The fourth-order valence-electron chi connectivity index (χ4n) is 1.71. The standard InChI is InChI=1S/C12H19N3O2S/c1-4-13-10-6-5-7-11(12(10)15(16)17)14(2)8-9-18-3/h5-7,13H,4,8-9H2,1-3H3. The molecule has 0 heterocycles. The van der Waals surface area contributed by atoms with Crippen LogP contribution in [-0.4, -0.2) is 37.1 Å². The average molecular weight is 269 g/mol. The Morgan fingerprint density at radius 2 is 2.22 bits per heavy atom. The molecule has 0 saturated carbocycles. The first-order valence-corrected chi connectivity index (χ1v) is 7.22. The molecule has 1 N–H and O–H groups in total. The minimum atomic E-state index is -0.317. The maximum atomic E-state index is 11.2. The summed E-state index contributed by atoms with van der Waals surface area (Å²) >= 11 is 1.73. The molecular weight excluding hydrogens is 250 g/mol. The maximum absolute atomic E-state index is 11.2. The normalized spacial score (nSPS) is 10.2. The number of nitrogens with one attached hydrogen (secondary N) is 1. The van der Waals surface area contributed by atoms with E-state index in [-0.39, 0.29) is 10.6 Å². The van der Waals surface area contributed by atoms with Gasteiger partial charge in [-0.15, -0.1) is 0 Å². The van der Waals surface area contributed by atoms with Gasteiger partial charge >= 0.3 is 5.69 Å². The summed E-state index contributed by atoms with van der Waals surface area (Å²) in [6, 6.07) is 5.38. The molecule has 0 aliphatic rings. The molecule has 1 aromatic rings. The quantitative estimate of drug-likeness (QED) is 0.609. The zero-order chi connectivity index (χ0) is 13.5. The molecule has 5 nitrogen and oxygen atoms in total. The Hall–Kier alpha value is -1.43. The van der Waals surface area contributed by atoms with Crippen molar-refractivity contribution in [3.8, 4) is 0 Å². The lowest BCUT2D eigenvalue weighted by Gasteiger charge is -2.19. The van der Waals surface area contributed by atoms with Gasteiger partial charge in [-0.2, -0.15) is 11.8 Å². The van der Waals surface area contributed by atoms with E-state index in [0.717, 1.165) is 12.3 Å².